The maximum absolute atomic E-state index is 12.4. The number of carbonyl (C=O) groups excluding carboxylic acids is 2. The van der Waals surface area contributed by atoms with Crippen LogP contribution in [-0.4, -0.2) is 53.3 Å². The summed E-state index contributed by atoms with van der Waals surface area (Å²) in [5.41, 5.74) is 0.735. The van der Waals surface area contributed by atoms with E-state index >= 15 is 0 Å². The zero-order chi connectivity index (χ0) is 16.4. The van der Waals surface area contributed by atoms with Gasteiger partial charge in [0.05, 0.1) is 17.9 Å². The number of morpholine rings is 1. The molecule has 0 spiro atoms. The molecule has 1 fully saturated rings. The largest absolute Gasteiger partial charge is 0.449 e. The quantitative estimate of drug-likeness (QED) is 0.786. The molecule has 1 amide bonds. The van der Waals surface area contributed by atoms with E-state index in [0.29, 0.717) is 24.5 Å². The molecule has 2 rings (SSSR count). The van der Waals surface area contributed by atoms with E-state index in [1.165, 1.54) is 0 Å². The van der Waals surface area contributed by atoms with Gasteiger partial charge in [-0.3, -0.25) is 4.79 Å². The molecule has 3 unspecified atom stereocenters. The summed E-state index contributed by atoms with van der Waals surface area (Å²) in [6.45, 7) is 9.68. The molecule has 0 aliphatic carbocycles. The average molecular weight is 310 g/mol. The van der Waals surface area contributed by atoms with Gasteiger partial charge < -0.3 is 18.9 Å². The monoisotopic (exact) mass is 310 g/mol. The summed E-state index contributed by atoms with van der Waals surface area (Å²) in [5, 5.41) is 3.71. The first-order valence-corrected chi connectivity index (χ1v) is 7.37. The number of aromatic nitrogens is 1. The number of amides is 1. The minimum absolute atomic E-state index is 0.0295. The Morgan fingerprint density at radius 3 is 2.36 bits per heavy atom. The van der Waals surface area contributed by atoms with Crippen LogP contribution in [0.25, 0.3) is 0 Å². The maximum atomic E-state index is 12.4. The molecular formula is C15H22N2O5. The van der Waals surface area contributed by atoms with Crippen LogP contribution in [0.5, 0.6) is 0 Å². The molecule has 2 heterocycles. The minimum atomic E-state index is -0.862. The van der Waals surface area contributed by atoms with E-state index in [-0.39, 0.29) is 23.7 Å². The second kappa shape index (κ2) is 6.48. The second-order valence-corrected chi connectivity index (χ2v) is 5.75. The van der Waals surface area contributed by atoms with Gasteiger partial charge in [0.1, 0.15) is 11.3 Å². The fraction of sp³-hybridized carbons (Fsp3) is 0.667. The zero-order valence-electron chi connectivity index (χ0n) is 13.6. The van der Waals surface area contributed by atoms with E-state index in [4.69, 9.17) is 14.0 Å². The van der Waals surface area contributed by atoms with Crippen LogP contribution < -0.4 is 0 Å². The number of aryl methyl sites for hydroxylation is 2. The second-order valence-electron chi connectivity index (χ2n) is 5.75. The highest BCUT2D eigenvalue weighted by atomic mass is 16.6. The lowest BCUT2D eigenvalue weighted by Gasteiger charge is -2.36. The Balaban J connectivity index is 2.01. The van der Waals surface area contributed by atoms with Crippen LogP contribution in [0.1, 0.15) is 42.6 Å². The summed E-state index contributed by atoms with van der Waals surface area (Å²) >= 11 is 0. The van der Waals surface area contributed by atoms with Gasteiger partial charge in [0.2, 0.25) is 0 Å². The number of ether oxygens (including phenoxy) is 2. The third kappa shape index (κ3) is 3.47. The van der Waals surface area contributed by atoms with Crippen molar-refractivity contribution in [3.05, 3.63) is 17.0 Å². The van der Waals surface area contributed by atoms with Crippen LogP contribution in [0, 0.1) is 13.8 Å². The molecule has 1 saturated heterocycles. The van der Waals surface area contributed by atoms with E-state index in [1.807, 2.05) is 13.8 Å². The van der Waals surface area contributed by atoms with Crippen LogP contribution in [0.15, 0.2) is 4.52 Å². The standard InChI is InChI=1S/C15H22N2O5/c1-8-6-17(7-9(2)20-8)14(18)12(5)21-15(19)13-10(3)16-22-11(13)4/h8-9,12H,6-7H2,1-5H3. The lowest BCUT2D eigenvalue weighted by atomic mass is 10.2. The van der Waals surface area contributed by atoms with Gasteiger partial charge in [-0.05, 0) is 34.6 Å². The zero-order valence-corrected chi connectivity index (χ0v) is 13.6. The molecule has 1 aromatic rings. The van der Waals surface area contributed by atoms with Crippen molar-refractivity contribution in [2.75, 3.05) is 13.1 Å². The van der Waals surface area contributed by atoms with Crippen LogP contribution in [-0.2, 0) is 14.3 Å². The molecular weight excluding hydrogens is 288 g/mol. The Hall–Kier alpha value is -1.89. The Morgan fingerprint density at radius 2 is 1.86 bits per heavy atom. The van der Waals surface area contributed by atoms with E-state index in [0.717, 1.165) is 0 Å². The highest BCUT2D eigenvalue weighted by Crippen LogP contribution is 2.16. The SMILES string of the molecule is Cc1noc(C)c1C(=O)OC(C)C(=O)N1CC(C)OC(C)C1. The number of rotatable bonds is 3. The summed E-state index contributed by atoms with van der Waals surface area (Å²) in [4.78, 5) is 26.2. The fourth-order valence-corrected chi connectivity index (χ4v) is 2.66. The lowest BCUT2D eigenvalue weighted by Crippen LogP contribution is -2.51. The van der Waals surface area contributed by atoms with Crippen LogP contribution in [0.4, 0.5) is 0 Å². The van der Waals surface area contributed by atoms with Crippen LogP contribution in [0.2, 0.25) is 0 Å². The minimum Gasteiger partial charge on any atom is -0.449 e. The molecule has 0 bridgehead atoms. The molecule has 0 aromatic carbocycles. The summed E-state index contributed by atoms with van der Waals surface area (Å²) < 4.78 is 15.8. The van der Waals surface area contributed by atoms with E-state index in [2.05, 4.69) is 5.16 Å². The molecule has 3 atom stereocenters. The molecule has 122 valence electrons. The van der Waals surface area contributed by atoms with Crippen molar-refractivity contribution in [2.45, 2.75) is 52.9 Å². The predicted octanol–water partition coefficient (Wildman–Crippen LogP) is 1.47. The molecule has 0 radical (unpaired) electrons. The Kier molecular flexibility index (Phi) is 4.85. The number of esters is 1. The molecule has 0 N–H and O–H groups in total. The first-order chi connectivity index (χ1) is 10.3. The van der Waals surface area contributed by atoms with Crippen molar-refractivity contribution in [1.29, 1.82) is 0 Å². The van der Waals surface area contributed by atoms with Crippen LogP contribution >= 0.6 is 0 Å². The van der Waals surface area contributed by atoms with Crippen molar-refractivity contribution in [3.63, 3.8) is 0 Å². The summed E-state index contributed by atoms with van der Waals surface area (Å²) in [6, 6.07) is 0. The van der Waals surface area contributed by atoms with Crippen molar-refractivity contribution in [1.82, 2.24) is 10.1 Å². The third-order valence-electron chi connectivity index (χ3n) is 3.60. The summed E-state index contributed by atoms with van der Waals surface area (Å²) in [5.74, 6) is -0.427. The first kappa shape index (κ1) is 16.5. The predicted molar refractivity (Wildman–Crippen MR) is 77.4 cm³/mol. The van der Waals surface area contributed by atoms with Crippen molar-refractivity contribution >= 4 is 11.9 Å². The molecule has 1 aliphatic heterocycles. The lowest BCUT2D eigenvalue weighted by molar-refractivity contribution is -0.151. The Labute approximate surface area is 129 Å². The summed E-state index contributed by atoms with van der Waals surface area (Å²) in [6.07, 6.45) is -0.921. The Morgan fingerprint density at radius 1 is 1.27 bits per heavy atom. The van der Waals surface area contributed by atoms with E-state index < -0.39 is 12.1 Å². The third-order valence-corrected chi connectivity index (χ3v) is 3.60. The smallest absolute Gasteiger partial charge is 0.344 e. The Bertz CT molecular complexity index is 539. The molecule has 7 nitrogen and oxygen atoms in total. The number of hydrogen-bond acceptors (Lipinski definition) is 6. The van der Waals surface area contributed by atoms with Crippen LogP contribution in [0.3, 0.4) is 0 Å². The van der Waals surface area contributed by atoms with Gasteiger partial charge in [-0.2, -0.15) is 0 Å². The van der Waals surface area contributed by atoms with Gasteiger partial charge in [-0.15, -0.1) is 0 Å². The van der Waals surface area contributed by atoms with Crippen molar-refractivity contribution in [3.8, 4) is 0 Å². The molecule has 1 aliphatic rings. The summed E-state index contributed by atoms with van der Waals surface area (Å²) in [7, 11) is 0. The average Bonchev–Trinajstić information content (AvgIpc) is 2.76. The maximum Gasteiger partial charge on any atom is 0.344 e. The van der Waals surface area contributed by atoms with Crippen molar-refractivity contribution in [2.24, 2.45) is 0 Å². The van der Waals surface area contributed by atoms with Gasteiger partial charge in [-0.25, -0.2) is 4.79 Å². The number of hydrogen-bond donors (Lipinski definition) is 0. The molecule has 1 aromatic heterocycles. The highest BCUT2D eigenvalue weighted by Gasteiger charge is 2.31. The molecule has 7 heteroatoms. The topological polar surface area (TPSA) is 81.9 Å². The fourth-order valence-electron chi connectivity index (χ4n) is 2.66. The van der Waals surface area contributed by atoms with Gasteiger partial charge in [0.25, 0.3) is 5.91 Å². The number of nitrogens with zero attached hydrogens (tertiary/aromatic N) is 2. The van der Waals surface area contributed by atoms with Gasteiger partial charge in [0, 0.05) is 13.1 Å². The van der Waals surface area contributed by atoms with Gasteiger partial charge >= 0.3 is 5.97 Å². The molecule has 0 saturated carbocycles. The first-order valence-electron chi connectivity index (χ1n) is 7.37. The van der Waals surface area contributed by atoms with E-state index in [9.17, 15) is 9.59 Å². The number of carbonyl (C=O) groups is 2. The van der Waals surface area contributed by atoms with Gasteiger partial charge in [-0.1, -0.05) is 5.16 Å². The van der Waals surface area contributed by atoms with E-state index in [1.54, 1.807) is 25.7 Å². The normalized spacial score (nSPS) is 23.2. The van der Waals surface area contributed by atoms with Gasteiger partial charge in [0.15, 0.2) is 6.10 Å². The molecule has 22 heavy (non-hydrogen) atoms. The van der Waals surface area contributed by atoms with Crippen molar-refractivity contribution < 1.29 is 23.6 Å². The highest BCUT2D eigenvalue weighted by molar-refractivity contribution is 5.93.